The number of carbonyl (C=O) groups excluding carboxylic acids is 1. The van der Waals surface area contributed by atoms with Crippen molar-refractivity contribution in [2.45, 2.75) is 19.9 Å². The summed E-state index contributed by atoms with van der Waals surface area (Å²) >= 11 is 6.07. The molecule has 0 fully saturated rings. The first-order valence-electron chi connectivity index (χ1n) is 6.88. The van der Waals surface area contributed by atoms with E-state index in [0.717, 1.165) is 12.1 Å². The second-order valence-electron chi connectivity index (χ2n) is 4.66. The van der Waals surface area contributed by atoms with Gasteiger partial charge in [0.15, 0.2) is 0 Å². The van der Waals surface area contributed by atoms with Crippen LogP contribution in [0, 0.1) is 0 Å². The highest BCUT2D eigenvalue weighted by Crippen LogP contribution is 2.18. The molecule has 2 aromatic rings. The largest absolute Gasteiger partial charge is 0.370 e. The minimum Gasteiger partial charge on any atom is -0.370 e. The Morgan fingerprint density at radius 1 is 1.24 bits per heavy atom. The van der Waals surface area contributed by atoms with Crippen molar-refractivity contribution < 1.29 is 4.79 Å². The van der Waals surface area contributed by atoms with Crippen LogP contribution >= 0.6 is 11.6 Å². The van der Waals surface area contributed by atoms with Gasteiger partial charge in [0.05, 0.1) is 11.1 Å². The van der Waals surface area contributed by atoms with Crippen molar-refractivity contribution in [1.82, 2.24) is 10.3 Å². The van der Waals surface area contributed by atoms with Crippen LogP contribution in [0.4, 0.5) is 5.82 Å². The molecule has 4 nitrogen and oxygen atoms in total. The van der Waals surface area contributed by atoms with Crippen LogP contribution in [0.2, 0.25) is 5.02 Å². The zero-order chi connectivity index (χ0) is 15.2. The van der Waals surface area contributed by atoms with E-state index >= 15 is 0 Å². The summed E-state index contributed by atoms with van der Waals surface area (Å²) in [5.41, 5.74) is 1.27. The van der Waals surface area contributed by atoms with Crippen LogP contribution in [-0.4, -0.2) is 17.4 Å². The molecule has 0 bridgehead atoms. The molecular formula is C16H18ClN3O. The van der Waals surface area contributed by atoms with Gasteiger partial charge >= 0.3 is 0 Å². The van der Waals surface area contributed by atoms with Crippen molar-refractivity contribution in [1.29, 1.82) is 0 Å². The molecule has 0 saturated carbocycles. The molecule has 0 aliphatic heterocycles. The first-order chi connectivity index (χ1) is 10.1. The summed E-state index contributed by atoms with van der Waals surface area (Å²) in [5.74, 6) is 0.357. The number of nitrogens with one attached hydrogen (secondary N) is 2. The Hall–Kier alpha value is -2.07. The van der Waals surface area contributed by atoms with Gasteiger partial charge in [0, 0.05) is 6.54 Å². The molecular weight excluding hydrogens is 286 g/mol. The number of rotatable bonds is 5. The molecule has 0 aliphatic rings. The molecule has 5 heteroatoms. The average molecular weight is 304 g/mol. The maximum Gasteiger partial charge on any atom is 0.271 e. The molecule has 21 heavy (non-hydrogen) atoms. The highest BCUT2D eigenvalue weighted by molar-refractivity contribution is 6.33. The monoisotopic (exact) mass is 303 g/mol. The molecule has 0 saturated heterocycles. The fourth-order valence-electron chi connectivity index (χ4n) is 1.97. The third-order valence-electron chi connectivity index (χ3n) is 3.07. The van der Waals surface area contributed by atoms with Crippen molar-refractivity contribution >= 4 is 23.3 Å². The average Bonchev–Trinajstić information content (AvgIpc) is 2.50. The van der Waals surface area contributed by atoms with Gasteiger partial charge < -0.3 is 10.6 Å². The van der Waals surface area contributed by atoms with Crippen LogP contribution in [0.15, 0.2) is 42.5 Å². The zero-order valence-electron chi connectivity index (χ0n) is 12.1. The van der Waals surface area contributed by atoms with Crippen LogP contribution in [0.5, 0.6) is 0 Å². The summed E-state index contributed by atoms with van der Waals surface area (Å²) in [5, 5.41) is 6.32. The van der Waals surface area contributed by atoms with E-state index in [1.54, 1.807) is 12.1 Å². The van der Waals surface area contributed by atoms with Crippen molar-refractivity contribution in [3.63, 3.8) is 0 Å². The number of carbonyl (C=O) groups is 1. The fourth-order valence-corrected chi connectivity index (χ4v) is 2.16. The van der Waals surface area contributed by atoms with E-state index in [2.05, 4.69) is 15.6 Å². The Morgan fingerprint density at radius 2 is 1.95 bits per heavy atom. The van der Waals surface area contributed by atoms with E-state index in [1.807, 2.05) is 44.2 Å². The number of hydrogen-bond acceptors (Lipinski definition) is 3. The van der Waals surface area contributed by atoms with Crippen molar-refractivity contribution in [2.75, 3.05) is 11.9 Å². The molecule has 2 N–H and O–H groups in total. The molecule has 0 radical (unpaired) electrons. The smallest absolute Gasteiger partial charge is 0.271 e. The Balaban J connectivity index is 2.14. The third kappa shape index (κ3) is 3.95. The molecule has 0 aliphatic carbocycles. The number of amides is 1. The van der Waals surface area contributed by atoms with Gasteiger partial charge in [-0.15, -0.1) is 0 Å². The molecule has 1 amide bonds. The van der Waals surface area contributed by atoms with Crippen LogP contribution in [0.3, 0.4) is 0 Å². The van der Waals surface area contributed by atoms with Crippen molar-refractivity contribution in [3.05, 3.63) is 58.7 Å². The van der Waals surface area contributed by atoms with Gasteiger partial charge in [-0.3, -0.25) is 4.79 Å². The van der Waals surface area contributed by atoms with E-state index in [9.17, 15) is 4.79 Å². The summed E-state index contributed by atoms with van der Waals surface area (Å²) in [6.45, 7) is 4.62. The lowest BCUT2D eigenvalue weighted by molar-refractivity contribution is 0.0935. The lowest BCUT2D eigenvalue weighted by Gasteiger charge is -2.15. The number of hydrogen-bond donors (Lipinski definition) is 2. The minimum atomic E-state index is -0.281. The highest BCUT2D eigenvalue weighted by Gasteiger charge is 2.16. The molecule has 1 atom stereocenters. The number of pyridine rings is 1. The Kier molecular flexibility index (Phi) is 5.17. The summed E-state index contributed by atoms with van der Waals surface area (Å²) in [7, 11) is 0. The molecule has 0 spiro atoms. The topological polar surface area (TPSA) is 54.0 Å². The number of halogens is 1. The Labute approximate surface area is 129 Å². The van der Waals surface area contributed by atoms with Gasteiger partial charge in [-0.05, 0) is 31.5 Å². The first-order valence-corrected chi connectivity index (χ1v) is 7.26. The van der Waals surface area contributed by atoms with Crippen LogP contribution in [0.1, 0.15) is 35.9 Å². The number of benzene rings is 1. The second-order valence-corrected chi connectivity index (χ2v) is 5.07. The van der Waals surface area contributed by atoms with E-state index in [-0.39, 0.29) is 17.6 Å². The predicted molar refractivity (Wildman–Crippen MR) is 85.7 cm³/mol. The normalized spacial score (nSPS) is 11.8. The lowest BCUT2D eigenvalue weighted by atomic mass is 10.1. The van der Waals surface area contributed by atoms with Gasteiger partial charge in [-0.25, -0.2) is 4.98 Å². The van der Waals surface area contributed by atoms with E-state index < -0.39 is 0 Å². The van der Waals surface area contributed by atoms with Gasteiger partial charge in [0.1, 0.15) is 11.5 Å². The molecule has 110 valence electrons. The number of anilines is 1. The molecule has 1 aromatic carbocycles. The van der Waals surface area contributed by atoms with E-state index in [4.69, 9.17) is 11.6 Å². The van der Waals surface area contributed by atoms with Crippen molar-refractivity contribution in [2.24, 2.45) is 0 Å². The maximum absolute atomic E-state index is 12.3. The summed E-state index contributed by atoms with van der Waals surface area (Å²) in [4.78, 5) is 16.6. The quantitative estimate of drug-likeness (QED) is 0.886. The second kappa shape index (κ2) is 7.09. The molecule has 1 heterocycles. The zero-order valence-corrected chi connectivity index (χ0v) is 12.8. The maximum atomic E-state index is 12.3. The van der Waals surface area contributed by atoms with E-state index in [0.29, 0.717) is 10.8 Å². The molecule has 1 unspecified atom stereocenters. The standard InChI is InChI=1S/C16H18ClN3O/c1-3-18-14-10-9-13(17)15(20-14)16(21)19-11(2)12-7-5-4-6-8-12/h4-11H,3H2,1-2H3,(H,18,20)(H,19,21). The summed E-state index contributed by atoms with van der Waals surface area (Å²) < 4.78 is 0. The van der Waals surface area contributed by atoms with E-state index in [1.165, 1.54) is 0 Å². The van der Waals surface area contributed by atoms with Crippen LogP contribution in [-0.2, 0) is 0 Å². The van der Waals surface area contributed by atoms with Gasteiger partial charge in [0.25, 0.3) is 5.91 Å². The number of nitrogens with zero attached hydrogens (tertiary/aromatic N) is 1. The minimum absolute atomic E-state index is 0.112. The molecule has 2 rings (SSSR count). The lowest BCUT2D eigenvalue weighted by Crippen LogP contribution is -2.28. The van der Waals surface area contributed by atoms with Crippen molar-refractivity contribution in [3.8, 4) is 0 Å². The van der Waals surface area contributed by atoms with Gasteiger partial charge in [-0.1, -0.05) is 41.9 Å². The summed E-state index contributed by atoms with van der Waals surface area (Å²) in [6.07, 6.45) is 0. The summed E-state index contributed by atoms with van der Waals surface area (Å²) in [6, 6.07) is 13.1. The predicted octanol–water partition coefficient (Wildman–Crippen LogP) is 3.66. The Morgan fingerprint density at radius 3 is 2.62 bits per heavy atom. The highest BCUT2D eigenvalue weighted by atomic mass is 35.5. The van der Waals surface area contributed by atoms with Crippen LogP contribution < -0.4 is 10.6 Å². The SMILES string of the molecule is CCNc1ccc(Cl)c(C(=O)NC(C)c2ccccc2)n1. The Bertz CT molecular complexity index is 616. The number of aromatic nitrogens is 1. The van der Waals surface area contributed by atoms with Crippen LogP contribution in [0.25, 0.3) is 0 Å². The molecule has 1 aromatic heterocycles. The first kappa shape index (κ1) is 15.3. The van der Waals surface area contributed by atoms with Gasteiger partial charge in [-0.2, -0.15) is 0 Å². The third-order valence-corrected chi connectivity index (χ3v) is 3.37. The van der Waals surface area contributed by atoms with Gasteiger partial charge in [0.2, 0.25) is 0 Å². The fraction of sp³-hybridized carbons (Fsp3) is 0.250.